The fraction of sp³-hybridized carbons (Fsp3) is 0.429. The number of methoxy groups -OCH3 is 1. The number of hydrogen-bond acceptors (Lipinski definition) is 5. The zero-order valence-electron chi connectivity index (χ0n) is 12.1. The van der Waals surface area contributed by atoms with Crippen LogP contribution in [0, 0.1) is 0 Å². The number of aryl methyl sites for hydroxylation is 1. The van der Waals surface area contributed by atoms with Gasteiger partial charge in [-0.05, 0) is 24.2 Å². The number of hydrogen-bond donors (Lipinski definition) is 1. The van der Waals surface area contributed by atoms with Crippen LogP contribution in [0.1, 0.15) is 18.2 Å². The minimum Gasteiger partial charge on any atom is -0.493 e. The van der Waals surface area contributed by atoms with Crippen LogP contribution >= 0.6 is 0 Å². The quantitative estimate of drug-likeness (QED) is 0.830. The van der Waals surface area contributed by atoms with Crippen LogP contribution in [0.2, 0.25) is 0 Å². The molecule has 1 N–H and O–H groups in total. The molecule has 6 heteroatoms. The van der Waals surface area contributed by atoms with E-state index in [2.05, 4.69) is 22.6 Å². The van der Waals surface area contributed by atoms with E-state index in [1.165, 1.54) is 0 Å². The molecule has 0 amide bonds. The SMILES string of the molecule is CCNCc1ccc(OC)c(OCc2cn(C)nn2)c1. The smallest absolute Gasteiger partial charge is 0.162 e. The van der Waals surface area contributed by atoms with Crippen molar-refractivity contribution in [2.24, 2.45) is 7.05 Å². The molecular weight excluding hydrogens is 256 g/mol. The lowest BCUT2D eigenvalue weighted by molar-refractivity contribution is 0.280. The lowest BCUT2D eigenvalue weighted by atomic mass is 10.2. The minimum atomic E-state index is 0.370. The summed E-state index contributed by atoms with van der Waals surface area (Å²) in [6.45, 7) is 4.19. The van der Waals surface area contributed by atoms with Crippen molar-refractivity contribution in [2.45, 2.75) is 20.1 Å². The highest BCUT2D eigenvalue weighted by Crippen LogP contribution is 2.28. The minimum absolute atomic E-state index is 0.370. The number of ether oxygens (including phenoxy) is 2. The molecular formula is C14H20N4O2. The van der Waals surface area contributed by atoms with Crippen LogP contribution < -0.4 is 14.8 Å². The maximum absolute atomic E-state index is 5.78. The van der Waals surface area contributed by atoms with E-state index in [-0.39, 0.29) is 0 Å². The van der Waals surface area contributed by atoms with Gasteiger partial charge in [0.15, 0.2) is 11.5 Å². The van der Waals surface area contributed by atoms with Crippen LogP contribution in [-0.4, -0.2) is 28.6 Å². The lowest BCUT2D eigenvalue weighted by Gasteiger charge is -2.11. The third kappa shape index (κ3) is 3.71. The second-order valence-electron chi connectivity index (χ2n) is 4.44. The zero-order valence-corrected chi connectivity index (χ0v) is 12.1. The summed E-state index contributed by atoms with van der Waals surface area (Å²) in [5.74, 6) is 1.43. The summed E-state index contributed by atoms with van der Waals surface area (Å²) in [4.78, 5) is 0. The summed E-state index contributed by atoms with van der Waals surface area (Å²) in [6.07, 6.45) is 1.83. The highest BCUT2D eigenvalue weighted by molar-refractivity contribution is 5.43. The summed E-state index contributed by atoms with van der Waals surface area (Å²) in [5, 5.41) is 11.2. The molecule has 2 aromatic rings. The average Bonchev–Trinajstić information content (AvgIpc) is 2.88. The van der Waals surface area contributed by atoms with E-state index >= 15 is 0 Å². The van der Waals surface area contributed by atoms with E-state index in [1.54, 1.807) is 11.8 Å². The predicted molar refractivity (Wildman–Crippen MR) is 75.7 cm³/mol. The van der Waals surface area contributed by atoms with Crippen molar-refractivity contribution >= 4 is 0 Å². The molecule has 1 aromatic heterocycles. The Bertz CT molecular complexity index is 554. The maximum atomic E-state index is 5.78. The van der Waals surface area contributed by atoms with Gasteiger partial charge in [0, 0.05) is 13.6 Å². The number of rotatable bonds is 7. The van der Waals surface area contributed by atoms with Gasteiger partial charge in [0.05, 0.1) is 13.3 Å². The van der Waals surface area contributed by atoms with Gasteiger partial charge in [-0.2, -0.15) is 0 Å². The van der Waals surface area contributed by atoms with Crippen LogP contribution in [-0.2, 0) is 20.2 Å². The van der Waals surface area contributed by atoms with Crippen molar-refractivity contribution in [1.82, 2.24) is 20.3 Å². The van der Waals surface area contributed by atoms with Gasteiger partial charge in [0.1, 0.15) is 12.3 Å². The van der Waals surface area contributed by atoms with E-state index in [9.17, 15) is 0 Å². The Morgan fingerprint density at radius 3 is 2.80 bits per heavy atom. The van der Waals surface area contributed by atoms with Crippen molar-refractivity contribution < 1.29 is 9.47 Å². The normalized spacial score (nSPS) is 10.6. The zero-order chi connectivity index (χ0) is 14.4. The molecule has 0 unspecified atom stereocenters. The number of benzene rings is 1. The first-order valence-electron chi connectivity index (χ1n) is 6.58. The number of nitrogens with one attached hydrogen (secondary N) is 1. The monoisotopic (exact) mass is 276 g/mol. The number of aromatic nitrogens is 3. The van der Waals surface area contributed by atoms with Crippen molar-refractivity contribution in [2.75, 3.05) is 13.7 Å². The third-order valence-corrected chi connectivity index (χ3v) is 2.83. The lowest BCUT2D eigenvalue weighted by Crippen LogP contribution is -2.11. The van der Waals surface area contributed by atoms with Gasteiger partial charge >= 0.3 is 0 Å². The van der Waals surface area contributed by atoms with E-state index in [0.29, 0.717) is 18.1 Å². The van der Waals surface area contributed by atoms with Crippen LogP contribution in [0.25, 0.3) is 0 Å². The molecule has 1 aromatic carbocycles. The van der Waals surface area contributed by atoms with Crippen molar-refractivity contribution in [3.8, 4) is 11.5 Å². The van der Waals surface area contributed by atoms with Gasteiger partial charge in [-0.1, -0.05) is 18.2 Å². The molecule has 0 atom stereocenters. The topological polar surface area (TPSA) is 61.2 Å². The summed E-state index contributed by atoms with van der Waals surface area (Å²) < 4.78 is 12.7. The molecule has 1 heterocycles. The summed E-state index contributed by atoms with van der Waals surface area (Å²) >= 11 is 0. The molecule has 20 heavy (non-hydrogen) atoms. The molecule has 0 spiro atoms. The molecule has 6 nitrogen and oxygen atoms in total. The number of nitrogens with zero attached hydrogens (tertiary/aromatic N) is 3. The Kier molecular flexibility index (Phi) is 4.95. The van der Waals surface area contributed by atoms with Gasteiger partial charge in [-0.25, -0.2) is 0 Å². The Morgan fingerprint density at radius 2 is 2.15 bits per heavy atom. The average molecular weight is 276 g/mol. The second kappa shape index (κ2) is 6.91. The predicted octanol–water partition coefficient (Wildman–Crippen LogP) is 1.51. The molecule has 0 aliphatic carbocycles. The highest BCUT2D eigenvalue weighted by Gasteiger charge is 2.07. The molecule has 0 aliphatic rings. The summed E-state index contributed by atoms with van der Waals surface area (Å²) in [7, 11) is 3.46. The van der Waals surface area contributed by atoms with E-state index in [4.69, 9.17) is 9.47 Å². The Morgan fingerprint density at radius 1 is 1.30 bits per heavy atom. The Labute approximate surface area is 118 Å². The van der Waals surface area contributed by atoms with Crippen LogP contribution in [0.5, 0.6) is 11.5 Å². The molecule has 0 fully saturated rings. The maximum Gasteiger partial charge on any atom is 0.162 e. The van der Waals surface area contributed by atoms with Gasteiger partial charge in [-0.15, -0.1) is 5.10 Å². The Hall–Kier alpha value is -2.08. The summed E-state index contributed by atoms with van der Waals surface area (Å²) in [5.41, 5.74) is 1.94. The van der Waals surface area contributed by atoms with Gasteiger partial charge in [-0.3, -0.25) is 4.68 Å². The highest BCUT2D eigenvalue weighted by atomic mass is 16.5. The first-order chi connectivity index (χ1) is 9.72. The Balaban J connectivity index is 2.07. The fourth-order valence-electron chi connectivity index (χ4n) is 1.83. The molecule has 2 rings (SSSR count). The van der Waals surface area contributed by atoms with Crippen molar-refractivity contribution in [3.05, 3.63) is 35.7 Å². The second-order valence-corrected chi connectivity index (χ2v) is 4.44. The van der Waals surface area contributed by atoms with E-state index in [1.807, 2.05) is 31.4 Å². The van der Waals surface area contributed by atoms with Crippen molar-refractivity contribution in [3.63, 3.8) is 0 Å². The molecule has 0 aliphatic heterocycles. The molecule has 0 bridgehead atoms. The van der Waals surface area contributed by atoms with E-state index in [0.717, 1.165) is 24.3 Å². The van der Waals surface area contributed by atoms with E-state index < -0.39 is 0 Å². The van der Waals surface area contributed by atoms with Gasteiger partial charge in [0.2, 0.25) is 0 Å². The summed E-state index contributed by atoms with van der Waals surface area (Å²) in [6, 6.07) is 5.92. The van der Waals surface area contributed by atoms with Crippen LogP contribution in [0.15, 0.2) is 24.4 Å². The first-order valence-corrected chi connectivity index (χ1v) is 6.58. The van der Waals surface area contributed by atoms with Crippen LogP contribution in [0.4, 0.5) is 0 Å². The molecule has 0 saturated carbocycles. The molecule has 0 saturated heterocycles. The molecule has 108 valence electrons. The first kappa shape index (κ1) is 14.3. The third-order valence-electron chi connectivity index (χ3n) is 2.83. The van der Waals surface area contributed by atoms with Crippen LogP contribution in [0.3, 0.4) is 0 Å². The standard InChI is InChI=1S/C14H20N4O2/c1-4-15-8-11-5-6-13(19-3)14(7-11)20-10-12-9-18(2)17-16-12/h5-7,9,15H,4,8,10H2,1-3H3. The fourth-order valence-corrected chi connectivity index (χ4v) is 1.83. The molecule has 0 radical (unpaired) electrons. The van der Waals surface area contributed by atoms with Gasteiger partial charge < -0.3 is 14.8 Å². The van der Waals surface area contributed by atoms with Crippen molar-refractivity contribution in [1.29, 1.82) is 0 Å². The van der Waals surface area contributed by atoms with Gasteiger partial charge in [0.25, 0.3) is 0 Å². The largest absolute Gasteiger partial charge is 0.493 e.